The van der Waals surface area contributed by atoms with E-state index in [0.29, 0.717) is 35.9 Å². The van der Waals surface area contributed by atoms with Gasteiger partial charge in [-0.05, 0) is 56.4 Å². The van der Waals surface area contributed by atoms with E-state index >= 15 is 0 Å². The SMILES string of the molecule is CCOc1cc(F)c(CNc2ccccc2C(=N)C2=NC(NC3=C/C=C/CC(C)/C(C)=C\3)=C3CSCC3=C(CC)C2)c(F)c1. The zero-order chi connectivity index (χ0) is 31.2. The number of hydrogen-bond donors (Lipinski definition) is 3. The van der Waals surface area contributed by atoms with E-state index in [0.717, 1.165) is 35.9 Å². The Morgan fingerprint density at radius 3 is 2.61 bits per heavy atom. The van der Waals surface area contributed by atoms with Gasteiger partial charge in [0.15, 0.2) is 0 Å². The summed E-state index contributed by atoms with van der Waals surface area (Å²) in [6.07, 6.45) is 11.0. The first-order valence-electron chi connectivity index (χ1n) is 15.2. The average molecular weight is 615 g/mol. The molecular formula is C36H40F2N4OS. The first kappa shape index (κ1) is 31.5. The van der Waals surface area contributed by atoms with Gasteiger partial charge >= 0.3 is 0 Å². The van der Waals surface area contributed by atoms with Crippen molar-refractivity contribution in [2.45, 2.75) is 53.5 Å². The molecule has 0 amide bonds. The molecular weight excluding hydrogens is 574 g/mol. The zero-order valence-electron chi connectivity index (χ0n) is 25.8. The van der Waals surface area contributed by atoms with E-state index in [1.54, 1.807) is 6.92 Å². The Morgan fingerprint density at radius 1 is 1.11 bits per heavy atom. The lowest BCUT2D eigenvalue weighted by atomic mass is 9.94. The van der Waals surface area contributed by atoms with Crippen LogP contribution < -0.4 is 15.4 Å². The van der Waals surface area contributed by atoms with Crippen molar-refractivity contribution >= 4 is 28.9 Å². The fraction of sp³-hybridized carbons (Fsp3) is 0.333. The minimum atomic E-state index is -0.676. The van der Waals surface area contributed by atoms with Crippen LogP contribution in [-0.2, 0) is 6.54 Å². The summed E-state index contributed by atoms with van der Waals surface area (Å²) in [6, 6.07) is 9.80. The molecule has 0 aromatic heterocycles. The fourth-order valence-corrected chi connectivity index (χ4v) is 6.78. The molecule has 3 aliphatic rings. The van der Waals surface area contributed by atoms with Crippen molar-refractivity contribution in [3.63, 3.8) is 0 Å². The van der Waals surface area contributed by atoms with Gasteiger partial charge in [-0.15, -0.1) is 0 Å². The Balaban J connectivity index is 1.47. The standard InChI is InChI=1S/C36H40F2N4OS/c1-5-24-16-34(42-36(30-21-44-20-29(24)30)41-25-12-8-7-11-22(3)23(4)15-25)35(39)27-13-9-10-14-33(27)40-19-28-31(37)17-26(43-6-2)18-32(28)38/h7-10,12-15,17-18,22,39-41H,5-6,11,16,19-21H2,1-4H3/b8-7+,23-15-,25-12+,39-35?. The molecule has 1 fully saturated rings. The number of nitrogens with one attached hydrogen (secondary N) is 3. The average Bonchev–Trinajstić information content (AvgIpc) is 3.44. The lowest BCUT2D eigenvalue weighted by Gasteiger charge is -2.17. The molecule has 0 saturated carbocycles. The number of hydrogen-bond acceptors (Lipinski definition) is 6. The number of thioether (sulfide) groups is 1. The van der Waals surface area contributed by atoms with Crippen LogP contribution in [0.25, 0.3) is 0 Å². The van der Waals surface area contributed by atoms with Crippen molar-refractivity contribution in [1.29, 1.82) is 5.41 Å². The van der Waals surface area contributed by atoms with Gasteiger partial charge in [-0.2, -0.15) is 11.8 Å². The molecule has 2 heterocycles. The molecule has 8 heteroatoms. The summed E-state index contributed by atoms with van der Waals surface area (Å²) in [6.45, 7) is 8.57. The van der Waals surface area contributed by atoms with Crippen LogP contribution in [0.2, 0.25) is 0 Å². The normalized spacial score (nSPS) is 21.6. The predicted molar refractivity (Wildman–Crippen MR) is 180 cm³/mol. The Morgan fingerprint density at radius 2 is 1.86 bits per heavy atom. The van der Waals surface area contributed by atoms with Crippen LogP contribution in [0.1, 0.15) is 58.1 Å². The largest absolute Gasteiger partial charge is 0.494 e. The maximum atomic E-state index is 14.8. The van der Waals surface area contributed by atoms with Crippen LogP contribution >= 0.6 is 11.8 Å². The molecule has 5 nitrogen and oxygen atoms in total. The number of ether oxygens (including phenoxy) is 1. The number of benzene rings is 2. The quantitative estimate of drug-likeness (QED) is 0.234. The molecule has 44 heavy (non-hydrogen) atoms. The molecule has 5 rings (SSSR count). The van der Waals surface area contributed by atoms with E-state index in [9.17, 15) is 14.2 Å². The lowest BCUT2D eigenvalue weighted by molar-refractivity contribution is 0.335. The highest BCUT2D eigenvalue weighted by molar-refractivity contribution is 8.00. The van der Waals surface area contributed by atoms with Gasteiger partial charge < -0.3 is 15.4 Å². The number of aliphatic imine (C=N–C) groups is 1. The van der Waals surface area contributed by atoms with Gasteiger partial charge in [-0.3, -0.25) is 5.41 Å². The van der Waals surface area contributed by atoms with Crippen molar-refractivity contribution in [3.8, 4) is 5.75 Å². The van der Waals surface area contributed by atoms with Crippen molar-refractivity contribution in [2.24, 2.45) is 10.9 Å². The van der Waals surface area contributed by atoms with Gasteiger partial charge in [0.2, 0.25) is 0 Å². The summed E-state index contributed by atoms with van der Waals surface area (Å²) < 4.78 is 34.9. The molecule has 1 saturated heterocycles. The Hall–Kier alpha value is -3.91. The maximum absolute atomic E-state index is 14.8. The van der Waals surface area contributed by atoms with Gasteiger partial charge in [0.1, 0.15) is 23.2 Å². The Labute approximate surface area is 263 Å². The van der Waals surface area contributed by atoms with Crippen LogP contribution in [0, 0.1) is 23.0 Å². The second-order valence-electron chi connectivity index (χ2n) is 11.3. The molecule has 1 aliphatic carbocycles. The molecule has 1 unspecified atom stereocenters. The van der Waals surface area contributed by atoms with Crippen LogP contribution in [0.3, 0.4) is 0 Å². The van der Waals surface area contributed by atoms with Crippen molar-refractivity contribution in [1.82, 2.24) is 5.32 Å². The summed E-state index contributed by atoms with van der Waals surface area (Å²) in [5.41, 5.74) is 8.20. The summed E-state index contributed by atoms with van der Waals surface area (Å²) in [7, 11) is 0. The first-order chi connectivity index (χ1) is 21.3. The summed E-state index contributed by atoms with van der Waals surface area (Å²) in [4.78, 5) is 5.15. The van der Waals surface area contributed by atoms with E-state index in [2.05, 4.69) is 55.7 Å². The van der Waals surface area contributed by atoms with Crippen LogP contribution in [0.4, 0.5) is 14.5 Å². The molecule has 0 spiro atoms. The molecule has 2 aliphatic heterocycles. The number of allylic oxidation sites excluding steroid dienone is 6. The van der Waals surface area contributed by atoms with E-state index in [1.807, 2.05) is 36.0 Å². The maximum Gasteiger partial charge on any atom is 0.135 e. The third-order valence-corrected chi connectivity index (χ3v) is 9.30. The number of halogens is 2. The van der Waals surface area contributed by atoms with Gasteiger partial charge in [-0.25, -0.2) is 13.8 Å². The lowest BCUT2D eigenvalue weighted by Crippen LogP contribution is -2.20. The molecule has 230 valence electrons. The minimum Gasteiger partial charge on any atom is -0.494 e. The third kappa shape index (κ3) is 7.07. The summed E-state index contributed by atoms with van der Waals surface area (Å²) in [5.74, 6) is 1.85. The second kappa shape index (κ2) is 14.2. The van der Waals surface area contributed by atoms with Crippen molar-refractivity contribution in [2.75, 3.05) is 23.4 Å². The molecule has 0 bridgehead atoms. The highest BCUT2D eigenvalue weighted by Crippen LogP contribution is 2.38. The number of para-hydroxylation sites is 1. The summed E-state index contributed by atoms with van der Waals surface area (Å²) in [5, 5.41) is 16.2. The van der Waals surface area contributed by atoms with Crippen LogP contribution in [0.5, 0.6) is 5.75 Å². The minimum absolute atomic E-state index is 0.0784. The number of fused-ring (bicyclic) bond motifs is 1. The Kier molecular flexibility index (Phi) is 10.2. The van der Waals surface area contributed by atoms with Crippen LogP contribution in [0.15, 0.2) is 99.5 Å². The van der Waals surface area contributed by atoms with Gasteiger partial charge in [0.05, 0.1) is 18.0 Å². The number of anilines is 1. The molecule has 2 aromatic rings. The Bertz CT molecular complexity index is 1610. The van der Waals surface area contributed by atoms with E-state index in [1.165, 1.54) is 34.4 Å². The predicted octanol–water partition coefficient (Wildman–Crippen LogP) is 8.87. The molecule has 1 atom stereocenters. The molecule has 0 radical (unpaired) electrons. The summed E-state index contributed by atoms with van der Waals surface area (Å²) >= 11 is 1.89. The number of nitrogens with zero attached hydrogens (tertiary/aromatic N) is 1. The third-order valence-electron chi connectivity index (χ3n) is 8.31. The van der Waals surface area contributed by atoms with Gasteiger partial charge in [0, 0.05) is 64.7 Å². The first-order valence-corrected chi connectivity index (χ1v) is 16.4. The van der Waals surface area contributed by atoms with Crippen molar-refractivity contribution < 1.29 is 13.5 Å². The van der Waals surface area contributed by atoms with Gasteiger partial charge in [-0.1, -0.05) is 55.3 Å². The number of rotatable bonds is 10. The zero-order valence-corrected chi connectivity index (χ0v) is 26.6. The second-order valence-corrected chi connectivity index (χ2v) is 12.2. The highest BCUT2D eigenvalue weighted by Gasteiger charge is 2.28. The highest BCUT2D eigenvalue weighted by atomic mass is 32.2. The monoisotopic (exact) mass is 614 g/mol. The molecule has 3 N–H and O–H groups in total. The van der Waals surface area contributed by atoms with E-state index in [-0.39, 0.29) is 23.6 Å². The van der Waals surface area contributed by atoms with E-state index < -0.39 is 11.6 Å². The van der Waals surface area contributed by atoms with E-state index in [4.69, 9.17) is 9.73 Å². The van der Waals surface area contributed by atoms with Gasteiger partial charge in [0.25, 0.3) is 0 Å². The fourth-order valence-electron chi connectivity index (χ4n) is 5.58. The van der Waals surface area contributed by atoms with Crippen LogP contribution in [-0.4, -0.2) is 29.5 Å². The smallest absolute Gasteiger partial charge is 0.135 e. The topological polar surface area (TPSA) is 69.5 Å². The van der Waals surface area contributed by atoms with Crippen molar-refractivity contribution in [3.05, 3.63) is 117 Å². The molecule has 2 aromatic carbocycles.